The molecule has 0 fully saturated rings. The van der Waals surface area contributed by atoms with Crippen molar-refractivity contribution in [2.45, 2.75) is 20.4 Å². The summed E-state index contributed by atoms with van der Waals surface area (Å²) in [4.78, 5) is 0. The molecule has 1 aromatic rings. The second kappa shape index (κ2) is 6.76. The van der Waals surface area contributed by atoms with E-state index in [1.54, 1.807) is 0 Å². The van der Waals surface area contributed by atoms with Gasteiger partial charge in [0.05, 0.1) is 5.69 Å². The summed E-state index contributed by atoms with van der Waals surface area (Å²) in [5.74, 6) is 2.16. The third-order valence-corrected chi connectivity index (χ3v) is 3.58. The molecular formula is C12H21N3S. The van der Waals surface area contributed by atoms with Gasteiger partial charge in [-0.15, -0.1) is 6.58 Å². The lowest BCUT2D eigenvalue weighted by atomic mass is 10.2. The topological polar surface area (TPSA) is 29.9 Å². The van der Waals surface area contributed by atoms with E-state index in [1.165, 1.54) is 11.3 Å². The average molecular weight is 239 g/mol. The smallest absolute Gasteiger partial charge is 0.0641 e. The summed E-state index contributed by atoms with van der Waals surface area (Å²) >= 11 is 1.90. The van der Waals surface area contributed by atoms with Gasteiger partial charge in [-0.05, 0) is 13.8 Å². The van der Waals surface area contributed by atoms with Crippen molar-refractivity contribution in [1.82, 2.24) is 15.1 Å². The van der Waals surface area contributed by atoms with Gasteiger partial charge in [-0.3, -0.25) is 4.68 Å². The highest BCUT2D eigenvalue weighted by atomic mass is 32.2. The summed E-state index contributed by atoms with van der Waals surface area (Å²) in [6, 6.07) is 0. The molecule has 1 rings (SSSR count). The molecule has 0 saturated heterocycles. The molecule has 0 radical (unpaired) electrons. The van der Waals surface area contributed by atoms with Crippen LogP contribution in [0, 0.1) is 13.8 Å². The molecule has 90 valence electrons. The van der Waals surface area contributed by atoms with Crippen LogP contribution in [-0.4, -0.2) is 27.8 Å². The predicted octanol–water partition coefficient (Wildman–Crippen LogP) is 2.05. The Bertz CT molecular complexity index is 344. The third kappa shape index (κ3) is 3.68. The molecule has 0 unspecified atom stereocenters. The van der Waals surface area contributed by atoms with Crippen molar-refractivity contribution < 1.29 is 0 Å². The first-order valence-electron chi connectivity index (χ1n) is 5.55. The Balaban J connectivity index is 2.29. The molecule has 16 heavy (non-hydrogen) atoms. The van der Waals surface area contributed by atoms with E-state index >= 15 is 0 Å². The van der Waals surface area contributed by atoms with Crippen LogP contribution < -0.4 is 5.32 Å². The molecule has 0 aromatic carbocycles. The van der Waals surface area contributed by atoms with Crippen molar-refractivity contribution in [3.8, 4) is 0 Å². The highest BCUT2D eigenvalue weighted by Crippen LogP contribution is 2.11. The minimum absolute atomic E-state index is 0.917. The number of aryl methyl sites for hydroxylation is 2. The van der Waals surface area contributed by atoms with Crippen LogP contribution in [0.4, 0.5) is 0 Å². The molecule has 0 bridgehead atoms. The number of nitrogens with one attached hydrogen (secondary N) is 1. The summed E-state index contributed by atoms with van der Waals surface area (Å²) in [6.45, 7) is 9.83. The van der Waals surface area contributed by atoms with E-state index in [0.717, 1.165) is 30.3 Å². The number of rotatable bonds is 7. The normalized spacial score (nSPS) is 10.7. The fourth-order valence-corrected chi connectivity index (χ4v) is 2.22. The molecule has 0 saturated carbocycles. The van der Waals surface area contributed by atoms with E-state index < -0.39 is 0 Å². The number of nitrogens with zero attached hydrogens (tertiary/aromatic N) is 2. The van der Waals surface area contributed by atoms with Gasteiger partial charge in [0, 0.05) is 42.9 Å². The first-order chi connectivity index (χ1) is 7.66. The molecule has 3 nitrogen and oxygen atoms in total. The maximum absolute atomic E-state index is 4.40. The minimum Gasteiger partial charge on any atom is -0.312 e. The van der Waals surface area contributed by atoms with E-state index in [-0.39, 0.29) is 0 Å². The van der Waals surface area contributed by atoms with E-state index in [1.807, 2.05) is 29.6 Å². The van der Waals surface area contributed by atoms with E-state index in [0.29, 0.717) is 0 Å². The van der Waals surface area contributed by atoms with Gasteiger partial charge in [0.2, 0.25) is 0 Å². The summed E-state index contributed by atoms with van der Waals surface area (Å²) in [6.07, 6.45) is 1.94. The molecule has 0 aliphatic carbocycles. The molecular weight excluding hydrogens is 218 g/mol. The van der Waals surface area contributed by atoms with Gasteiger partial charge in [0.1, 0.15) is 0 Å². The molecule has 1 heterocycles. The van der Waals surface area contributed by atoms with Gasteiger partial charge in [0.15, 0.2) is 0 Å². The van der Waals surface area contributed by atoms with Crippen LogP contribution in [0.25, 0.3) is 0 Å². The average Bonchev–Trinajstić information content (AvgIpc) is 2.49. The van der Waals surface area contributed by atoms with Crippen molar-refractivity contribution in [3.05, 3.63) is 29.6 Å². The highest BCUT2D eigenvalue weighted by molar-refractivity contribution is 7.99. The third-order valence-electron chi connectivity index (χ3n) is 2.62. The Morgan fingerprint density at radius 1 is 1.50 bits per heavy atom. The summed E-state index contributed by atoms with van der Waals surface area (Å²) in [5, 5.41) is 7.84. The van der Waals surface area contributed by atoms with Gasteiger partial charge >= 0.3 is 0 Å². The van der Waals surface area contributed by atoms with Gasteiger partial charge in [-0.25, -0.2) is 0 Å². The lowest BCUT2D eigenvalue weighted by Gasteiger charge is -2.04. The number of hydrogen-bond acceptors (Lipinski definition) is 3. The Morgan fingerprint density at radius 3 is 2.81 bits per heavy atom. The Hall–Kier alpha value is -0.740. The molecule has 0 spiro atoms. The van der Waals surface area contributed by atoms with Crippen LogP contribution in [0.15, 0.2) is 12.7 Å². The summed E-state index contributed by atoms with van der Waals surface area (Å²) in [5.41, 5.74) is 3.71. The van der Waals surface area contributed by atoms with Crippen molar-refractivity contribution in [3.63, 3.8) is 0 Å². The standard InChI is InChI=1S/C12H21N3S/c1-5-7-16-8-6-13-9-12-10(2)14-15(4)11(12)3/h5,13H,1,6-9H2,2-4H3. The maximum atomic E-state index is 4.40. The molecule has 0 amide bonds. The first kappa shape index (κ1) is 13.3. The van der Waals surface area contributed by atoms with Crippen LogP contribution in [0.2, 0.25) is 0 Å². The minimum atomic E-state index is 0.917. The molecule has 0 aliphatic rings. The van der Waals surface area contributed by atoms with Crippen molar-refractivity contribution in [2.24, 2.45) is 7.05 Å². The Kier molecular flexibility index (Phi) is 5.63. The van der Waals surface area contributed by atoms with E-state index in [9.17, 15) is 0 Å². The first-order valence-corrected chi connectivity index (χ1v) is 6.70. The van der Waals surface area contributed by atoms with Crippen LogP contribution in [-0.2, 0) is 13.6 Å². The lowest BCUT2D eigenvalue weighted by molar-refractivity contribution is 0.713. The lowest BCUT2D eigenvalue weighted by Crippen LogP contribution is -2.17. The number of hydrogen-bond donors (Lipinski definition) is 1. The second-order valence-electron chi connectivity index (χ2n) is 3.81. The number of aromatic nitrogens is 2. The maximum Gasteiger partial charge on any atom is 0.0641 e. The molecule has 0 atom stereocenters. The fraction of sp³-hybridized carbons (Fsp3) is 0.583. The van der Waals surface area contributed by atoms with Crippen LogP contribution >= 0.6 is 11.8 Å². The summed E-state index contributed by atoms with van der Waals surface area (Å²) in [7, 11) is 1.99. The Morgan fingerprint density at radius 2 is 2.25 bits per heavy atom. The van der Waals surface area contributed by atoms with Crippen molar-refractivity contribution in [2.75, 3.05) is 18.1 Å². The van der Waals surface area contributed by atoms with Gasteiger partial charge in [0.25, 0.3) is 0 Å². The highest BCUT2D eigenvalue weighted by Gasteiger charge is 2.07. The zero-order valence-electron chi connectivity index (χ0n) is 10.4. The number of thioether (sulfide) groups is 1. The van der Waals surface area contributed by atoms with Crippen LogP contribution in [0.5, 0.6) is 0 Å². The quantitative estimate of drug-likeness (QED) is 0.583. The zero-order valence-corrected chi connectivity index (χ0v) is 11.2. The zero-order chi connectivity index (χ0) is 12.0. The van der Waals surface area contributed by atoms with E-state index in [4.69, 9.17) is 0 Å². The monoisotopic (exact) mass is 239 g/mol. The molecule has 0 aliphatic heterocycles. The fourth-order valence-electron chi connectivity index (χ4n) is 1.60. The molecule has 1 N–H and O–H groups in total. The molecule has 4 heteroatoms. The van der Waals surface area contributed by atoms with Crippen molar-refractivity contribution in [1.29, 1.82) is 0 Å². The van der Waals surface area contributed by atoms with Gasteiger partial charge in [-0.2, -0.15) is 16.9 Å². The summed E-state index contributed by atoms with van der Waals surface area (Å²) < 4.78 is 1.94. The Labute approximate surface area is 102 Å². The predicted molar refractivity (Wildman–Crippen MR) is 71.9 cm³/mol. The molecule has 1 aromatic heterocycles. The largest absolute Gasteiger partial charge is 0.312 e. The van der Waals surface area contributed by atoms with Crippen LogP contribution in [0.1, 0.15) is 17.0 Å². The van der Waals surface area contributed by atoms with Crippen molar-refractivity contribution >= 4 is 11.8 Å². The van der Waals surface area contributed by atoms with Gasteiger partial charge in [-0.1, -0.05) is 6.08 Å². The van der Waals surface area contributed by atoms with E-state index in [2.05, 4.69) is 30.8 Å². The second-order valence-corrected chi connectivity index (χ2v) is 4.96. The van der Waals surface area contributed by atoms with Crippen LogP contribution in [0.3, 0.4) is 0 Å². The van der Waals surface area contributed by atoms with Gasteiger partial charge < -0.3 is 5.32 Å². The SMILES string of the molecule is C=CCSCCNCc1c(C)nn(C)c1C.